The van der Waals surface area contributed by atoms with Crippen LogP contribution in [-0.2, 0) is 21.4 Å². The van der Waals surface area contributed by atoms with Crippen LogP contribution in [0, 0.1) is 0 Å². The Hall–Kier alpha value is -1.51. The van der Waals surface area contributed by atoms with E-state index >= 15 is 0 Å². The summed E-state index contributed by atoms with van der Waals surface area (Å²) < 4.78 is 4.65. The number of hydrogen-bond acceptors (Lipinski definition) is 3. The number of esters is 1. The maximum absolute atomic E-state index is 11.1. The first kappa shape index (κ1) is 15.5. The fourth-order valence-corrected chi connectivity index (χ4v) is 2.21. The molecule has 1 rings (SSSR count). The Morgan fingerprint density at radius 3 is 2.63 bits per heavy atom. The molecule has 0 saturated carbocycles. The number of rotatable bonds is 6. The molecule has 0 radical (unpaired) electrons. The largest absolute Gasteiger partial charge is 0.508 e. The SMILES string of the molecule is CCc1cc(C(C)(C)CCCC(=O)OC)ccc1O. The maximum Gasteiger partial charge on any atom is 0.305 e. The summed E-state index contributed by atoms with van der Waals surface area (Å²) >= 11 is 0. The summed E-state index contributed by atoms with van der Waals surface area (Å²) in [5.74, 6) is 0.201. The highest BCUT2D eigenvalue weighted by Gasteiger charge is 2.21. The standard InChI is InChI=1S/C16H24O3/c1-5-12-11-13(8-9-14(12)17)16(2,3)10-6-7-15(18)19-4/h8-9,11,17H,5-7,10H2,1-4H3. The fraction of sp³-hybridized carbons (Fsp3) is 0.562. The van der Waals surface area contributed by atoms with Crippen molar-refractivity contribution in [2.24, 2.45) is 0 Å². The smallest absolute Gasteiger partial charge is 0.305 e. The number of aromatic hydroxyl groups is 1. The predicted molar refractivity (Wildman–Crippen MR) is 76.4 cm³/mol. The molecule has 106 valence electrons. The summed E-state index contributed by atoms with van der Waals surface area (Å²) in [5, 5.41) is 9.72. The zero-order chi connectivity index (χ0) is 14.5. The molecule has 0 aliphatic carbocycles. The molecule has 0 saturated heterocycles. The number of methoxy groups -OCH3 is 1. The molecule has 3 heteroatoms. The second-order valence-corrected chi connectivity index (χ2v) is 5.51. The van der Waals surface area contributed by atoms with Gasteiger partial charge in [-0.2, -0.15) is 0 Å². The average molecular weight is 264 g/mol. The molecule has 0 aliphatic rings. The van der Waals surface area contributed by atoms with Gasteiger partial charge in [-0.05, 0) is 41.9 Å². The quantitative estimate of drug-likeness (QED) is 0.799. The zero-order valence-electron chi connectivity index (χ0n) is 12.3. The van der Waals surface area contributed by atoms with Crippen molar-refractivity contribution >= 4 is 5.97 Å². The lowest BCUT2D eigenvalue weighted by molar-refractivity contribution is -0.140. The van der Waals surface area contributed by atoms with Gasteiger partial charge in [0.2, 0.25) is 0 Å². The monoisotopic (exact) mass is 264 g/mol. The molecule has 0 bridgehead atoms. The Morgan fingerprint density at radius 1 is 1.37 bits per heavy atom. The van der Waals surface area contributed by atoms with E-state index in [2.05, 4.69) is 24.7 Å². The van der Waals surface area contributed by atoms with Gasteiger partial charge in [-0.3, -0.25) is 4.79 Å². The minimum absolute atomic E-state index is 0.00829. The molecule has 0 amide bonds. The lowest BCUT2D eigenvalue weighted by Crippen LogP contribution is -2.18. The van der Waals surface area contributed by atoms with Crippen LogP contribution in [0.15, 0.2) is 18.2 Å². The Balaban J connectivity index is 2.73. The average Bonchev–Trinajstić information content (AvgIpc) is 2.38. The molecule has 0 fully saturated rings. The first-order chi connectivity index (χ1) is 8.90. The Morgan fingerprint density at radius 2 is 2.05 bits per heavy atom. The molecule has 1 aromatic carbocycles. The minimum Gasteiger partial charge on any atom is -0.508 e. The molecule has 0 atom stereocenters. The van der Waals surface area contributed by atoms with E-state index in [0.717, 1.165) is 24.8 Å². The van der Waals surface area contributed by atoms with Gasteiger partial charge in [0.15, 0.2) is 0 Å². The van der Waals surface area contributed by atoms with Gasteiger partial charge in [0.25, 0.3) is 0 Å². The number of phenols is 1. The van der Waals surface area contributed by atoms with Gasteiger partial charge in [-0.15, -0.1) is 0 Å². The summed E-state index contributed by atoms with van der Waals surface area (Å²) in [6.45, 7) is 6.36. The van der Waals surface area contributed by atoms with Gasteiger partial charge in [0, 0.05) is 6.42 Å². The third-order valence-electron chi connectivity index (χ3n) is 3.65. The fourth-order valence-electron chi connectivity index (χ4n) is 2.21. The first-order valence-electron chi connectivity index (χ1n) is 6.80. The van der Waals surface area contributed by atoms with Crippen LogP contribution in [-0.4, -0.2) is 18.2 Å². The van der Waals surface area contributed by atoms with Crippen LogP contribution in [0.1, 0.15) is 51.2 Å². The van der Waals surface area contributed by atoms with Crippen LogP contribution in [0.2, 0.25) is 0 Å². The molecule has 1 N–H and O–H groups in total. The summed E-state index contributed by atoms with van der Waals surface area (Å²) in [4.78, 5) is 11.1. The number of phenolic OH excluding ortho intramolecular Hbond substituents is 1. The normalized spacial score (nSPS) is 11.4. The third kappa shape index (κ3) is 4.27. The van der Waals surface area contributed by atoms with Crippen LogP contribution in [0.5, 0.6) is 5.75 Å². The molecule has 19 heavy (non-hydrogen) atoms. The molecule has 3 nitrogen and oxygen atoms in total. The molecule has 0 spiro atoms. The molecule has 0 aromatic heterocycles. The summed E-state index contributed by atoms with van der Waals surface area (Å²) in [5.41, 5.74) is 2.16. The van der Waals surface area contributed by atoms with E-state index < -0.39 is 0 Å². The van der Waals surface area contributed by atoms with E-state index in [1.807, 2.05) is 13.0 Å². The number of aryl methyl sites for hydroxylation is 1. The van der Waals surface area contributed by atoms with E-state index in [1.165, 1.54) is 12.7 Å². The minimum atomic E-state index is -0.157. The highest BCUT2D eigenvalue weighted by atomic mass is 16.5. The summed E-state index contributed by atoms with van der Waals surface area (Å²) in [6, 6.07) is 5.79. The van der Waals surface area contributed by atoms with E-state index in [0.29, 0.717) is 12.2 Å². The van der Waals surface area contributed by atoms with Crippen molar-refractivity contribution in [3.05, 3.63) is 29.3 Å². The number of carbonyl (C=O) groups excluding carboxylic acids is 1. The second kappa shape index (κ2) is 6.60. The van der Waals surface area contributed by atoms with Crippen molar-refractivity contribution in [3.8, 4) is 5.75 Å². The number of hydrogen-bond donors (Lipinski definition) is 1. The molecule has 1 aromatic rings. The van der Waals surface area contributed by atoms with Gasteiger partial charge in [0.1, 0.15) is 5.75 Å². The molecule has 0 aliphatic heterocycles. The van der Waals surface area contributed by atoms with Crippen molar-refractivity contribution in [1.82, 2.24) is 0 Å². The van der Waals surface area contributed by atoms with Crippen molar-refractivity contribution < 1.29 is 14.6 Å². The summed E-state index contributed by atoms with van der Waals surface area (Å²) in [6.07, 6.45) is 2.99. The Labute approximate surface area is 115 Å². The van der Waals surface area contributed by atoms with Crippen LogP contribution in [0.3, 0.4) is 0 Å². The number of carbonyl (C=O) groups is 1. The highest BCUT2D eigenvalue weighted by molar-refractivity contribution is 5.69. The van der Waals surface area contributed by atoms with E-state index in [9.17, 15) is 9.90 Å². The zero-order valence-corrected chi connectivity index (χ0v) is 12.3. The van der Waals surface area contributed by atoms with Crippen molar-refractivity contribution in [1.29, 1.82) is 0 Å². The highest BCUT2D eigenvalue weighted by Crippen LogP contribution is 2.32. The van der Waals surface area contributed by atoms with Crippen LogP contribution in [0.25, 0.3) is 0 Å². The van der Waals surface area contributed by atoms with Crippen LogP contribution in [0.4, 0.5) is 0 Å². The lowest BCUT2D eigenvalue weighted by atomic mass is 9.79. The second-order valence-electron chi connectivity index (χ2n) is 5.51. The number of benzene rings is 1. The number of ether oxygens (including phenoxy) is 1. The molecule has 0 unspecified atom stereocenters. The Bertz CT molecular complexity index is 436. The van der Waals surface area contributed by atoms with Gasteiger partial charge in [-0.25, -0.2) is 0 Å². The molecular weight excluding hydrogens is 240 g/mol. The predicted octanol–water partition coefficient (Wildman–Crippen LogP) is 3.58. The van der Waals surface area contributed by atoms with Crippen molar-refractivity contribution in [2.45, 2.75) is 51.9 Å². The van der Waals surface area contributed by atoms with E-state index in [4.69, 9.17) is 0 Å². The maximum atomic E-state index is 11.1. The first-order valence-corrected chi connectivity index (χ1v) is 6.80. The molecule has 0 heterocycles. The topological polar surface area (TPSA) is 46.5 Å². The van der Waals surface area contributed by atoms with Crippen molar-refractivity contribution in [3.63, 3.8) is 0 Å². The van der Waals surface area contributed by atoms with E-state index in [1.54, 1.807) is 6.07 Å². The van der Waals surface area contributed by atoms with Crippen molar-refractivity contribution in [2.75, 3.05) is 7.11 Å². The molecular formula is C16H24O3. The Kier molecular flexibility index (Phi) is 5.40. The summed E-state index contributed by atoms with van der Waals surface area (Å²) in [7, 11) is 1.42. The lowest BCUT2D eigenvalue weighted by Gasteiger charge is -2.26. The van der Waals surface area contributed by atoms with Gasteiger partial charge < -0.3 is 9.84 Å². The van der Waals surface area contributed by atoms with Crippen LogP contribution >= 0.6 is 0 Å². The van der Waals surface area contributed by atoms with Gasteiger partial charge in [0.05, 0.1) is 7.11 Å². The van der Waals surface area contributed by atoms with Crippen LogP contribution < -0.4 is 0 Å². The van der Waals surface area contributed by atoms with Gasteiger partial charge >= 0.3 is 5.97 Å². The van der Waals surface area contributed by atoms with Gasteiger partial charge in [-0.1, -0.05) is 32.9 Å². The van der Waals surface area contributed by atoms with E-state index in [-0.39, 0.29) is 11.4 Å². The third-order valence-corrected chi connectivity index (χ3v) is 3.65.